The monoisotopic (exact) mass is 315 g/mol. The molecule has 0 spiro atoms. The molecule has 5 aromatic rings. The van der Waals surface area contributed by atoms with E-state index in [1.165, 1.54) is 16.3 Å². The van der Waals surface area contributed by atoms with E-state index in [0.29, 0.717) is 5.82 Å². The van der Waals surface area contributed by atoms with E-state index < -0.39 is 0 Å². The highest BCUT2D eigenvalue weighted by Gasteiger charge is 2.11. The van der Waals surface area contributed by atoms with Gasteiger partial charge in [0.25, 0.3) is 0 Å². The lowest BCUT2D eigenvalue weighted by Gasteiger charge is -2.03. The maximum Gasteiger partial charge on any atom is 0.179 e. The lowest BCUT2D eigenvalue weighted by atomic mass is 10.1. The second-order valence-corrected chi connectivity index (χ2v) is 5.71. The van der Waals surface area contributed by atoms with Crippen LogP contribution in [-0.2, 0) is 7.05 Å². The van der Waals surface area contributed by atoms with Crippen LogP contribution in [0.25, 0.3) is 38.9 Å². The Morgan fingerprint density at radius 3 is 2.75 bits per heavy atom. The number of nitrogens with one attached hydrogen (secondary N) is 1. The third-order valence-corrected chi connectivity index (χ3v) is 4.41. The number of hydrogen-bond donors (Lipinski definition) is 1. The Morgan fingerprint density at radius 1 is 1.00 bits per heavy atom. The fourth-order valence-electron chi connectivity index (χ4n) is 3.20. The Kier molecular flexibility index (Phi) is 2.58. The van der Waals surface area contributed by atoms with Crippen molar-refractivity contribution in [2.24, 2.45) is 7.05 Å². The molecule has 0 unspecified atom stereocenters. The molecule has 0 saturated carbocycles. The summed E-state index contributed by atoms with van der Waals surface area (Å²) >= 11 is 0. The van der Waals surface area contributed by atoms with Crippen molar-refractivity contribution in [1.29, 1.82) is 0 Å². The molecule has 7 heteroatoms. The van der Waals surface area contributed by atoms with Crippen LogP contribution < -0.4 is 0 Å². The minimum absolute atomic E-state index is 0.668. The third-order valence-electron chi connectivity index (χ3n) is 4.41. The van der Waals surface area contributed by atoms with Crippen molar-refractivity contribution >= 4 is 21.8 Å². The molecule has 7 nitrogen and oxygen atoms in total. The summed E-state index contributed by atoms with van der Waals surface area (Å²) in [6.07, 6.45) is 5.54. The number of tetrazole rings is 1. The van der Waals surface area contributed by atoms with Crippen LogP contribution in [0.1, 0.15) is 0 Å². The van der Waals surface area contributed by atoms with E-state index >= 15 is 0 Å². The predicted molar refractivity (Wildman–Crippen MR) is 90.7 cm³/mol. The number of benzene rings is 2. The van der Waals surface area contributed by atoms with Crippen molar-refractivity contribution in [3.05, 3.63) is 55.1 Å². The lowest BCUT2D eigenvalue weighted by molar-refractivity contribution is 0.881. The van der Waals surface area contributed by atoms with Gasteiger partial charge in [0, 0.05) is 52.5 Å². The number of imidazole rings is 1. The van der Waals surface area contributed by atoms with Gasteiger partial charge in [0.05, 0.1) is 6.33 Å². The molecule has 0 fully saturated rings. The number of hydrogen-bond acceptors (Lipinski definition) is 4. The molecule has 0 amide bonds. The number of aryl methyl sites for hydroxylation is 1. The van der Waals surface area contributed by atoms with E-state index in [-0.39, 0.29) is 0 Å². The van der Waals surface area contributed by atoms with Gasteiger partial charge in [-0.05, 0) is 34.7 Å². The van der Waals surface area contributed by atoms with Crippen molar-refractivity contribution < 1.29 is 0 Å². The number of nitrogens with zero attached hydrogens (tertiary/aromatic N) is 6. The highest BCUT2D eigenvalue weighted by Crippen LogP contribution is 2.32. The fourth-order valence-corrected chi connectivity index (χ4v) is 3.20. The highest BCUT2D eigenvalue weighted by molar-refractivity contribution is 6.09. The summed E-state index contributed by atoms with van der Waals surface area (Å²) in [5, 5.41) is 16.5. The Bertz CT molecular complexity index is 1150. The number of rotatable bonds is 2. The van der Waals surface area contributed by atoms with Crippen molar-refractivity contribution in [2.45, 2.75) is 0 Å². The maximum absolute atomic E-state index is 4.12. The molecule has 1 N–H and O–H groups in total. The Hall–Kier alpha value is -3.48. The van der Waals surface area contributed by atoms with Gasteiger partial charge in [0.15, 0.2) is 5.82 Å². The molecule has 0 aliphatic heterocycles. The smallest absolute Gasteiger partial charge is 0.179 e. The van der Waals surface area contributed by atoms with E-state index in [2.05, 4.69) is 67.6 Å². The second kappa shape index (κ2) is 4.76. The zero-order valence-electron chi connectivity index (χ0n) is 12.9. The summed E-state index contributed by atoms with van der Waals surface area (Å²) in [4.78, 5) is 4.12. The summed E-state index contributed by atoms with van der Waals surface area (Å²) in [6.45, 7) is 0. The van der Waals surface area contributed by atoms with Crippen LogP contribution in [0.5, 0.6) is 0 Å². The predicted octanol–water partition coefficient (Wildman–Crippen LogP) is 2.70. The van der Waals surface area contributed by atoms with Crippen LogP contribution in [0, 0.1) is 0 Å². The van der Waals surface area contributed by atoms with Crippen molar-refractivity contribution in [3.8, 4) is 17.1 Å². The fraction of sp³-hybridized carbons (Fsp3) is 0.0588. The Morgan fingerprint density at radius 2 is 1.96 bits per heavy atom. The van der Waals surface area contributed by atoms with Gasteiger partial charge in [0.1, 0.15) is 0 Å². The average molecular weight is 315 g/mol. The van der Waals surface area contributed by atoms with Crippen molar-refractivity contribution in [1.82, 2.24) is 34.7 Å². The maximum atomic E-state index is 4.12. The molecule has 0 aliphatic carbocycles. The van der Waals surface area contributed by atoms with Gasteiger partial charge >= 0.3 is 0 Å². The minimum atomic E-state index is 0.668. The molecular formula is C17H13N7. The van der Waals surface area contributed by atoms with Crippen LogP contribution in [0.15, 0.2) is 55.1 Å². The zero-order valence-corrected chi connectivity index (χ0v) is 12.9. The molecule has 0 saturated heterocycles. The second-order valence-electron chi connectivity index (χ2n) is 5.71. The summed E-state index contributed by atoms with van der Waals surface area (Å²) in [5.74, 6) is 0.668. The van der Waals surface area contributed by atoms with E-state index in [4.69, 9.17) is 0 Å². The van der Waals surface area contributed by atoms with Crippen LogP contribution in [-0.4, -0.2) is 34.7 Å². The first-order valence-corrected chi connectivity index (χ1v) is 7.56. The van der Waals surface area contributed by atoms with Gasteiger partial charge in [-0.1, -0.05) is 12.1 Å². The summed E-state index contributed by atoms with van der Waals surface area (Å²) in [7, 11) is 2.07. The van der Waals surface area contributed by atoms with Crippen molar-refractivity contribution in [2.75, 3.05) is 0 Å². The van der Waals surface area contributed by atoms with E-state index in [9.17, 15) is 0 Å². The minimum Gasteiger partial charge on any atom is -0.344 e. The lowest BCUT2D eigenvalue weighted by Crippen LogP contribution is -1.90. The van der Waals surface area contributed by atoms with Gasteiger partial charge in [-0.25, -0.2) is 10.1 Å². The number of H-pyrrole nitrogens is 1. The van der Waals surface area contributed by atoms with Gasteiger partial charge < -0.3 is 9.13 Å². The topological polar surface area (TPSA) is 77.2 Å². The molecule has 24 heavy (non-hydrogen) atoms. The molecule has 3 heterocycles. The quantitative estimate of drug-likeness (QED) is 0.543. The first-order chi connectivity index (χ1) is 11.8. The van der Waals surface area contributed by atoms with Crippen molar-refractivity contribution in [3.63, 3.8) is 0 Å². The van der Waals surface area contributed by atoms with Gasteiger partial charge in [-0.2, -0.15) is 0 Å². The third kappa shape index (κ3) is 1.78. The van der Waals surface area contributed by atoms with Crippen LogP contribution in [0.2, 0.25) is 0 Å². The molecule has 0 radical (unpaired) electrons. The van der Waals surface area contributed by atoms with E-state index in [1.807, 2.05) is 16.8 Å². The van der Waals surface area contributed by atoms with E-state index in [1.54, 1.807) is 12.5 Å². The normalized spacial score (nSPS) is 11.5. The molecule has 0 aliphatic rings. The number of aromatic amines is 1. The van der Waals surface area contributed by atoms with Gasteiger partial charge in [-0.3, -0.25) is 0 Å². The number of aromatic nitrogens is 7. The molecule has 5 rings (SSSR count). The van der Waals surface area contributed by atoms with E-state index in [0.717, 1.165) is 16.8 Å². The summed E-state index contributed by atoms with van der Waals surface area (Å²) < 4.78 is 4.20. The average Bonchev–Trinajstić information content (AvgIpc) is 3.36. The standard InChI is InChI=1S/C17H13N7/c1-23-15-5-3-12(24-7-6-18-10-24)9-14(15)13-4-2-11(8-16(13)23)17-19-21-22-20-17/h2-10H,1H3,(H,19,20,21,22). The zero-order chi connectivity index (χ0) is 16.1. The molecule has 116 valence electrons. The molecule has 0 bridgehead atoms. The van der Waals surface area contributed by atoms with Crippen LogP contribution >= 0.6 is 0 Å². The van der Waals surface area contributed by atoms with Crippen LogP contribution in [0.4, 0.5) is 0 Å². The molecule has 3 aromatic heterocycles. The molecular weight excluding hydrogens is 302 g/mol. The van der Waals surface area contributed by atoms with Gasteiger partial charge in [-0.15, -0.1) is 5.10 Å². The Balaban J connectivity index is 1.78. The molecule has 2 aromatic carbocycles. The summed E-state index contributed by atoms with van der Waals surface area (Å²) in [5.41, 5.74) is 4.38. The highest BCUT2D eigenvalue weighted by atomic mass is 15.5. The number of fused-ring (bicyclic) bond motifs is 3. The first-order valence-electron chi connectivity index (χ1n) is 7.56. The first kappa shape index (κ1) is 13.0. The summed E-state index contributed by atoms with van der Waals surface area (Å²) in [6, 6.07) is 12.7. The SMILES string of the molecule is Cn1c2ccc(-n3ccnc3)cc2c2ccc(-c3nnn[nH]3)cc21. The Labute approximate surface area is 136 Å². The van der Waals surface area contributed by atoms with Crippen LogP contribution in [0.3, 0.4) is 0 Å². The molecule has 0 atom stereocenters. The largest absolute Gasteiger partial charge is 0.344 e. The van der Waals surface area contributed by atoms with Gasteiger partial charge in [0.2, 0.25) is 0 Å².